The molecule has 3 N–H and O–H groups in total. The smallest absolute Gasteiger partial charge is 0.213 e. The molecule has 0 aliphatic rings. The van der Waals surface area contributed by atoms with Gasteiger partial charge in [-0.2, -0.15) is 0 Å². The predicted octanol–water partition coefficient (Wildman–Crippen LogP) is 3.93. The Morgan fingerprint density at radius 3 is 2.29 bits per heavy atom. The Morgan fingerprint density at radius 2 is 1.74 bits per heavy atom. The highest BCUT2D eigenvalue weighted by Crippen LogP contribution is 2.38. The molecule has 0 saturated heterocycles. The van der Waals surface area contributed by atoms with Gasteiger partial charge in [0.1, 0.15) is 17.7 Å². The first-order chi connectivity index (χ1) is 16.2. The van der Waals surface area contributed by atoms with E-state index in [1.54, 1.807) is 36.5 Å². The van der Waals surface area contributed by atoms with E-state index in [9.17, 15) is 13.5 Å². The van der Waals surface area contributed by atoms with E-state index in [2.05, 4.69) is 22.0 Å². The number of methoxy groups -OCH3 is 2. The maximum atomic E-state index is 13.3. The van der Waals surface area contributed by atoms with Crippen LogP contribution in [0.3, 0.4) is 0 Å². The second-order valence-corrected chi connectivity index (χ2v) is 9.64. The van der Waals surface area contributed by atoms with Crippen LogP contribution in [-0.2, 0) is 16.4 Å². The number of nitrogens with zero attached hydrogens (tertiary/aromatic N) is 1. The average molecular weight is 484 g/mol. The normalized spacial score (nSPS) is 12.6. The maximum absolute atomic E-state index is 13.3. The first-order valence-corrected chi connectivity index (χ1v) is 12.0. The van der Waals surface area contributed by atoms with Crippen LogP contribution in [0.4, 0.5) is 0 Å². The summed E-state index contributed by atoms with van der Waals surface area (Å²) >= 11 is 0. The highest BCUT2D eigenvalue weighted by Gasteiger charge is 2.27. The fraction of sp³-hybridized carbons (Fsp3) is 0.240. The fourth-order valence-electron chi connectivity index (χ4n) is 3.55. The molecule has 0 bridgehead atoms. The van der Waals surface area contributed by atoms with Crippen molar-refractivity contribution >= 4 is 22.6 Å². The molecule has 180 valence electrons. The number of aliphatic imine (C=N–C) groups is 1. The molecule has 1 aromatic heterocycles. The van der Waals surface area contributed by atoms with Gasteiger partial charge in [-0.05, 0) is 73.7 Å². The number of nitrogens with one attached hydrogen (secondary N) is 2. The molecule has 2 aromatic carbocycles. The predicted molar refractivity (Wildman–Crippen MR) is 132 cm³/mol. The summed E-state index contributed by atoms with van der Waals surface area (Å²) in [5.41, 5.74) is 4.04. The number of aliphatic hydroxyl groups is 1. The minimum absolute atomic E-state index is 0.0111. The molecule has 0 radical (unpaired) electrons. The van der Waals surface area contributed by atoms with Crippen LogP contribution in [0.5, 0.6) is 11.5 Å². The van der Waals surface area contributed by atoms with Crippen molar-refractivity contribution in [1.82, 2.24) is 10.3 Å². The van der Waals surface area contributed by atoms with Crippen molar-refractivity contribution in [2.75, 3.05) is 14.2 Å². The SMILES string of the molecule is C=N/C=C\c1[nH]c(C(O)NCc2ccc(S(=O)(=O)c3c(OC)cc(C)cc3OC)cc2)cc1C. The minimum atomic E-state index is -3.89. The van der Waals surface area contributed by atoms with Gasteiger partial charge in [-0.1, -0.05) is 12.1 Å². The van der Waals surface area contributed by atoms with Crippen LogP contribution >= 0.6 is 0 Å². The van der Waals surface area contributed by atoms with Gasteiger partial charge in [0.25, 0.3) is 0 Å². The second kappa shape index (κ2) is 10.7. The number of aromatic amines is 1. The van der Waals surface area contributed by atoms with Crippen molar-refractivity contribution in [1.29, 1.82) is 0 Å². The number of sulfone groups is 1. The van der Waals surface area contributed by atoms with Crippen LogP contribution in [0.25, 0.3) is 6.08 Å². The van der Waals surface area contributed by atoms with Crippen molar-refractivity contribution in [3.8, 4) is 11.5 Å². The van der Waals surface area contributed by atoms with Crippen molar-refractivity contribution in [2.24, 2.45) is 4.99 Å². The van der Waals surface area contributed by atoms with Gasteiger partial charge in [0.2, 0.25) is 9.84 Å². The zero-order valence-electron chi connectivity index (χ0n) is 19.6. The Morgan fingerprint density at radius 1 is 1.12 bits per heavy atom. The molecule has 3 aromatic rings. The first-order valence-electron chi connectivity index (χ1n) is 10.5. The number of aliphatic hydroxyl groups excluding tert-OH is 1. The Hall–Kier alpha value is -3.40. The van der Waals surface area contributed by atoms with E-state index in [0.29, 0.717) is 12.2 Å². The molecule has 1 unspecified atom stereocenters. The highest BCUT2D eigenvalue weighted by molar-refractivity contribution is 7.91. The van der Waals surface area contributed by atoms with Gasteiger partial charge in [-0.25, -0.2) is 8.42 Å². The summed E-state index contributed by atoms with van der Waals surface area (Å²) in [4.78, 5) is 6.92. The largest absolute Gasteiger partial charge is 0.495 e. The number of aromatic nitrogens is 1. The molecule has 0 aliphatic heterocycles. The molecule has 34 heavy (non-hydrogen) atoms. The van der Waals surface area contributed by atoms with Gasteiger partial charge in [0, 0.05) is 18.4 Å². The summed E-state index contributed by atoms with van der Waals surface area (Å²) in [7, 11) is -1.04. The molecule has 0 fully saturated rings. The number of aryl methyl sites for hydroxylation is 2. The lowest BCUT2D eigenvalue weighted by Gasteiger charge is -2.15. The van der Waals surface area contributed by atoms with E-state index in [0.717, 1.165) is 22.4 Å². The lowest BCUT2D eigenvalue weighted by molar-refractivity contribution is 0.133. The number of hydrogen-bond acceptors (Lipinski definition) is 7. The summed E-state index contributed by atoms with van der Waals surface area (Å²) in [5.74, 6) is 0.454. The number of hydrogen-bond donors (Lipinski definition) is 3. The molecule has 9 heteroatoms. The summed E-state index contributed by atoms with van der Waals surface area (Å²) in [5, 5.41) is 13.5. The third kappa shape index (κ3) is 5.39. The lowest BCUT2D eigenvalue weighted by atomic mass is 10.2. The fourth-order valence-corrected chi connectivity index (χ4v) is 5.10. The number of rotatable bonds is 10. The van der Waals surface area contributed by atoms with Gasteiger partial charge < -0.3 is 19.6 Å². The zero-order valence-corrected chi connectivity index (χ0v) is 20.4. The van der Waals surface area contributed by atoms with Crippen LogP contribution in [0.15, 0.2) is 63.4 Å². The number of ether oxygens (including phenoxy) is 2. The lowest BCUT2D eigenvalue weighted by Crippen LogP contribution is -2.20. The monoisotopic (exact) mass is 483 g/mol. The second-order valence-electron chi connectivity index (χ2n) is 7.75. The summed E-state index contributed by atoms with van der Waals surface area (Å²) in [6.07, 6.45) is 2.41. The van der Waals surface area contributed by atoms with Gasteiger partial charge in [-0.15, -0.1) is 0 Å². The van der Waals surface area contributed by atoms with Crippen molar-refractivity contribution in [3.63, 3.8) is 0 Å². The van der Waals surface area contributed by atoms with Crippen LogP contribution in [-0.4, -0.2) is 39.4 Å². The Labute approximate surface area is 199 Å². The van der Waals surface area contributed by atoms with E-state index >= 15 is 0 Å². The van der Waals surface area contributed by atoms with Crippen LogP contribution < -0.4 is 14.8 Å². The van der Waals surface area contributed by atoms with Crippen LogP contribution in [0.2, 0.25) is 0 Å². The molecule has 1 heterocycles. The van der Waals surface area contributed by atoms with Gasteiger partial charge in [0.05, 0.1) is 24.8 Å². The number of benzene rings is 2. The molecule has 0 aliphatic carbocycles. The van der Waals surface area contributed by atoms with Gasteiger partial charge >= 0.3 is 0 Å². The zero-order chi connectivity index (χ0) is 24.9. The molecule has 3 rings (SSSR count). The van der Waals surface area contributed by atoms with E-state index in [1.165, 1.54) is 26.4 Å². The van der Waals surface area contributed by atoms with Crippen molar-refractivity contribution < 1.29 is 23.0 Å². The quantitative estimate of drug-likeness (QED) is 0.297. The molecule has 1 atom stereocenters. The molecule has 8 nitrogen and oxygen atoms in total. The summed E-state index contributed by atoms with van der Waals surface area (Å²) in [6, 6.07) is 11.6. The highest BCUT2D eigenvalue weighted by atomic mass is 32.2. The van der Waals surface area contributed by atoms with E-state index < -0.39 is 16.1 Å². The molecule has 0 amide bonds. The Balaban J connectivity index is 1.77. The summed E-state index contributed by atoms with van der Waals surface area (Å²) in [6.45, 7) is 7.50. The minimum Gasteiger partial charge on any atom is -0.495 e. The maximum Gasteiger partial charge on any atom is 0.213 e. The van der Waals surface area contributed by atoms with E-state index in [1.807, 2.05) is 19.9 Å². The van der Waals surface area contributed by atoms with Crippen LogP contribution in [0, 0.1) is 13.8 Å². The van der Waals surface area contributed by atoms with Crippen molar-refractivity contribution in [2.45, 2.75) is 36.4 Å². The molecule has 0 spiro atoms. The van der Waals surface area contributed by atoms with Gasteiger partial charge in [0.15, 0.2) is 4.90 Å². The third-order valence-electron chi connectivity index (χ3n) is 5.32. The Kier molecular flexibility index (Phi) is 7.93. The first kappa shape index (κ1) is 25.2. The third-order valence-corrected chi connectivity index (χ3v) is 7.16. The standard InChI is InChI=1S/C25H29N3O5S/c1-16-12-22(32-4)24(23(13-16)33-5)34(30,31)19-8-6-18(7-9-19)15-27-25(29)21-14-17(2)20(28-21)10-11-26-3/h6-14,25,27-29H,3,15H2,1-2,4-5H3/b11-10-. The average Bonchev–Trinajstić information content (AvgIpc) is 3.20. The molecule has 0 saturated carbocycles. The molecular weight excluding hydrogens is 454 g/mol. The topological polar surface area (TPSA) is 113 Å². The Bertz CT molecular complexity index is 1270. The van der Waals surface area contributed by atoms with Crippen molar-refractivity contribution in [3.05, 3.63) is 76.7 Å². The molecular formula is C25H29N3O5S. The van der Waals surface area contributed by atoms with Gasteiger partial charge in [-0.3, -0.25) is 10.3 Å². The summed E-state index contributed by atoms with van der Waals surface area (Å²) < 4.78 is 37.3. The van der Waals surface area contributed by atoms with Crippen LogP contribution in [0.1, 0.15) is 34.3 Å². The number of H-pyrrole nitrogens is 1. The van der Waals surface area contributed by atoms with E-state index in [-0.39, 0.29) is 21.3 Å². The van der Waals surface area contributed by atoms with E-state index in [4.69, 9.17) is 9.47 Å².